The number of hydrogen-bond acceptors (Lipinski definition) is 4. The normalized spacial score (nSPS) is 10.8. The molecule has 4 nitrogen and oxygen atoms in total. The minimum Gasteiger partial charge on any atom is -0.492 e. The molecule has 0 unspecified atom stereocenters. The highest BCUT2D eigenvalue weighted by Crippen LogP contribution is 2.14. The van der Waals surface area contributed by atoms with Crippen LogP contribution in [0.1, 0.15) is 22.2 Å². The van der Waals surface area contributed by atoms with E-state index in [1.54, 1.807) is 35.6 Å². The predicted molar refractivity (Wildman–Crippen MR) is 84.2 cm³/mol. The van der Waals surface area contributed by atoms with Crippen LogP contribution in [0.15, 0.2) is 41.8 Å². The Labute approximate surface area is 128 Å². The number of nitrogens with zero attached hydrogens (tertiary/aromatic N) is 1. The summed E-state index contributed by atoms with van der Waals surface area (Å²) in [7, 11) is 0. The van der Waals surface area contributed by atoms with Crippen LogP contribution in [-0.2, 0) is 6.54 Å². The average Bonchev–Trinajstić information content (AvgIpc) is 2.99. The molecule has 0 amide bonds. The monoisotopic (exact) mass is 305 g/mol. The molecular weight excluding hydrogens is 286 g/mol. The highest BCUT2D eigenvalue weighted by molar-refractivity contribution is 7.09. The molecular formula is C16H19NO3S. The number of carbonyl (C=O) groups is 1. The number of carboxylic acids is 1. The molecule has 1 aromatic carbocycles. The van der Waals surface area contributed by atoms with Gasteiger partial charge in [-0.05, 0) is 36.2 Å². The van der Waals surface area contributed by atoms with E-state index in [4.69, 9.17) is 9.84 Å². The van der Waals surface area contributed by atoms with E-state index in [1.807, 2.05) is 0 Å². The molecule has 1 N–H and O–H groups in total. The van der Waals surface area contributed by atoms with Crippen molar-refractivity contribution >= 4 is 17.3 Å². The zero-order valence-electron chi connectivity index (χ0n) is 12.0. The van der Waals surface area contributed by atoms with Crippen LogP contribution in [0.25, 0.3) is 0 Å². The average molecular weight is 305 g/mol. The Morgan fingerprint density at radius 3 is 2.86 bits per heavy atom. The van der Waals surface area contributed by atoms with E-state index in [1.165, 1.54) is 4.88 Å². The highest BCUT2D eigenvalue weighted by atomic mass is 32.1. The maximum atomic E-state index is 10.9. The summed E-state index contributed by atoms with van der Waals surface area (Å²) in [6, 6.07) is 10.8. The summed E-state index contributed by atoms with van der Waals surface area (Å²) < 4.78 is 5.65. The molecule has 0 aliphatic carbocycles. The van der Waals surface area contributed by atoms with E-state index in [-0.39, 0.29) is 5.56 Å². The molecule has 5 heteroatoms. The number of benzene rings is 1. The first-order chi connectivity index (χ1) is 10.2. The Bertz CT molecular complexity index is 569. The number of ether oxygens (including phenoxy) is 1. The molecule has 1 heterocycles. The van der Waals surface area contributed by atoms with Crippen molar-refractivity contribution in [1.82, 2.24) is 4.90 Å². The van der Waals surface area contributed by atoms with Gasteiger partial charge in [0, 0.05) is 18.0 Å². The second-order valence-electron chi connectivity index (χ2n) is 4.63. The minimum atomic E-state index is -0.937. The number of likely N-dealkylation sites (N-methyl/N-ethyl adjacent to an activating group) is 1. The highest BCUT2D eigenvalue weighted by Gasteiger charge is 2.06. The molecule has 2 rings (SSSR count). The lowest BCUT2D eigenvalue weighted by atomic mass is 10.2. The summed E-state index contributed by atoms with van der Waals surface area (Å²) in [5.74, 6) is -0.338. The quantitative estimate of drug-likeness (QED) is 0.812. The van der Waals surface area contributed by atoms with Gasteiger partial charge in [-0.25, -0.2) is 4.79 Å². The fourth-order valence-corrected chi connectivity index (χ4v) is 2.73. The van der Waals surface area contributed by atoms with Crippen molar-refractivity contribution < 1.29 is 14.6 Å². The minimum absolute atomic E-state index is 0.249. The van der Waals surface area contributed by atoms with Crippen LogP contribution in [0.2, 0.25) is 0 Å². The standard InChI is InChI=1S/C16H19NO3S/c1-2-17(12-15-7-4-10-21-15)8-9-20-14-6-3-5-13(11-14)16(18)19/h3-7,10-11H,2,8-9,12H2,1H3,(H,18,19). The molecule has 0 saturated carbocycles. The fraction of sp³-hybridized carbons (Fsp3) is 0.312. The number of rotatable bonds is 8. The van der Waals surface area contributed by atoms with Gasteiger partial charge in [0.25, 0.3) is 0 Å². The third-order valence-electron chi connectivity index (χ3n) is 3.16. The van der Waals surface area contributed by atoms with Gasteiger partial charge in [0.05, 0.1) is 5.56 Å². The van der Waals surface area contributed by atoms with Crippen LogP contribution < -0.4 is 4.74 Å². The zero-order chi connectivity index (χ0) is 15.1. The molecule has 1 aromatic heterocycles. The first kappa shape index (κ1) is 15.5. The molecule has 0 atom stereocenters. The summed E-state index contributed by atoms with van der Waals surface area (Å²) in [6.45, 7) is 5.36. The molecule has 0 spiro atoms. The molecule has 2 aromatic rings. The van der Waals surface area contributed by atoms with Gasteiger partial charge in [0.15, 0.2) is 0 Å². The van der Waals surface area contributed by atoms with Gasteiger partial charge in [-0.2, -0.15) is 0 Å². The predicted octanol–water partition coefficient (Wildman–Crippen LogP) is 3.35. The van der Waals surface area contributed by atoms with Crippen LogP contribution in [0.4, 0.5) is 0 Å². The molecule has 112 valence electrons. The van der Waals surface area contributed by atoms with Crippen molar-refractivity contribution in [3.05, 3.63) is 52.2 Å². The molecule has 0 radical (unpaired) electrons. The number of carboxylic acid groups (broad SMARTS) is 1. The van der Waals surface area contributed by atoms with E-state index in [0.29, 0.717) is 12.4 Å². The van der Waals surface area contributed by atoms with Crippen LogP contribution in [0.3, 0.4) is 0 Å². The van der Waals surface area contributed by atoms with Crippen molar-refractivity contribution in [3.8, 4) is 5.75 Å². The fourth-order valence-electron chi connectivity index (χ4n) is 1.98. The van der Waals surface area contributed by atoms with E-state index in [9.17, 15) is 4.79 Å². The third kappa shape index (κ3) is 4.88. The lowest BCUT2D eigenvalue weighted by Gasteiger charge is -2.19. The van der Waals surface area contributed by atoms with E-state index < -0.39 is 5.97 Å². The molecule has 21 heavy (non-hydrogen) atoms. The summed E-state index contributed by atoms with van der Waals surface area (Å²) >= 11 is 1.75. The van der Waals surface area contributed by atoms with Crippen molar-refractivity contribution in [2.45, 2.75) is 13.5 Å². The summed E-state index contributed by atoms with van der Waals surface area (Å²) in [5.41, 5.74) is 0.249. The van der Waals surface area contributed by atoms with Gasteiger partial charge in [-0.3, -0.25) is 4.90 Å². The zero-order valence-corrected chi connectivity index (χ0v) is 12.8. The Morgan fingerprint density at radius 2 is 2.19 bits per heavy atom. The second kappa shape index (κ2) is 7.81. The Morgan fingerprint density at radius 1 is 1.33 bits per heavy atom. The molecule has 0 bridgehead atoms. The number of hydrogen-bond donors (Lipinski definition) is 1. The maximum Gasteiger partial charge on any atom is 0.335 e. The van der Waals surface area contributed by atoms with Gasteiger partial charge >= 0.3 is 5.97 Å². The van der Waals surface area contributed by atoms with Crippen molar-refractivity contribution in [2.24, 2.45) is 0 Å². The van der Waals surface area contributed by atoms with Crippen LogP contribution >= 0.6 is 11.3 Å². The van der Waals surface area contributed by atoms with Crippen molar-refractivity contribution in [1.29, 1.82) is 0 Å². The summed E-state index contributed by atoms with van der Waals surface area (Å²) in [6.07, 6.45) is 0. The molecule has 0 aliphatic rings. The Balaban J connectivity index is 1.82. The van der Waals surface area contributed by atoms with Crippen LogP contribution in [0.5, 0.6) is 5.75 Å². The summed E-state index contributed by atoms with van der Waals surface area (Å²) in [4.78, 5) is 14.5. The topological polar surface area (TPSA) is 49.8 Å². The Kier molecular flexibility index (Phi) is 5.78. The van der Waals surface area contributed by atoms with Crippen molar-refractivity contribution in [2.75, 3.05) is 19.7 Å². The molecule has 0 saturated heterocycles. The van der Waals surface area contributed by atoms with Gasteiger partial charge in [0.2, 0.25) is 0 Å². The van der Waals surface area contributed by atoms with Crippen molar-refractivity contribution in [3.63, 3.8) is 0 Å². The van der Waals surface area contributed by atoms with E-state index >= 15 is 0 Å². The van der Waals surface area contributed by atoms with Crippen LogP contribution in [-0.4, -0.2) is 35.7 Å². The molecule has 0 aliphatic heterocycles. The van der Waals surface area contributed by atoms with Crippen LogP contribution in [0, 0.1) is 0 Å². The van der Waals surface area contributed by atoms with E-state index in [0.717, 1.165) is 19.6 Å². The first-order valence-electron chi connectivity index (χ1n) is 6.90. The maximum absolute atomic E-state index is 10.9. The first-order valence-corrected chi connectivity index (χ1v) is 7.78. The number of aromatic carboxylic acids is 1. The van der Waals surface area contributed by atoms with Gasteiger partial charge < -0.3 is 9.84 Å². The van der Waals surface area contributed by atoms with Gasteiger partial charge in [-0.1, -0.05) is 19.1 Å². The summed E-state index contributed by atoms with van der Waals surface area (Å²) in [5, 5.41) is 11.0. The largest absolute Gasteiger partial charge is 0.492 e. The number of thiophene rings is 1. The van der Waals surface area contributed by atoms with E-state index in [2.05, 4.69) is 29.3 Å². The lowest BCUT2D eigenvalue weighted by molar-refractivity contribution is 0.0696. The van der Waals surface area contributed by atoms with Gasteiger partial charge in [-0.15, -0.1) is 11.3 Å². The second-order valence-corrected chi connectivity index (χ2v) is 5.66. The lowest BCUT2D eigenvalue weighted by Crippen LogP contribution is -2.27. The smallest absolute Gasteiger partial charge is 0.335 e. The van der Waals surface area contributed by atoms with Gasteiger partial charge in [0.1, 0.15) is 12.4 Å². The SMILES string of the molecule is CCN(CCOc1cccc(C(=O)O)c1)Cc1cccs1. The Hall–Kier alpha value is -1.85. The third-order valence-corrected chi connectivity index (χ3v) is 4.03. The molecule has 0 fully saturated rings.